The standard InChI is InChI=1S/C9H7N3S2/c10-9-11-3-6-8(12-9)5-1-2-13-7(5)4-14-6/h1-3H,4H2,(H2,10,11,12). The van der Waals surface area contributed by atoms with E-state index in [4.69, 9.17) is 5.73 Å². The van der Waals surface area contributed by atoms with Crippen LogP contribution in [0, 0.1) is 0 Å². The molecule has 70 valence electrons. The summed E-state index contributed by atoms with van der Waals surface area (Å²) >= 11 is 3.55. The molecule has 0 unspecified atom stereocenters. The highest BCUT2D eigenvalue weighted by Crippen LogP contribution is 2.42. The van der Waals surface area contributed by atoms with E-state index in [1.165, 1.54) is 10.4 Å². The van der Waals surface area contributed by atoms with E-state index in [1.54, 1.807) is 23.1 Å². The van der Waals surface area contributed by atoms with Gasteiger partial charge in [0.15, 0.2) is 0 Å². The van der Waals surface area contributed by atoms with Crippen LogP contribution in [0.4, 0.5) is 5.95 Å². The Morgan fingerprint density at radius 2 is 2.36 bits per heavy atom. The first-order valence-electron chi connectivity index (χ1n) is 4.16. The molecule has 2 N–H and O–H groups in total. The predicted octanol–water partition coefficient (Wildman–Crippen LogP) is 2.39. The largest absolute Gasteiger partial charge is 0.368 e. The van der Waals surface area contributed by atoms with Gasteiger partial charge in [0.1, 0.15) is 0 Å². The zero-order valence-corrected chi connectivity index (χ0v) is 8.86. The Kier molecular flexibility index (Phi) is 1.75. The SMILES string of the molecule is Nc1ncc2c(n1)-c1ccsc1CS2. The number of nitrogens with two attached hydrogens (primary N) is 1. The first-order chi connectivity index (χ1) is 6.84. The quantitative estimate of drug-likeness (QED) is 0.742. The number of thiophene rings is 1. The van der Waals surface area contributed by atoms with Gasteiger partial charge in [0.25, 0.3) is 0 Å². The first kappa shape index (κ1) is 8.26. The second kappa shape index (κ2) is 2.96. The van der Waals surface area contributed by atoms with Crippen LogP contribution in [-0.4, -0.2) is 9.97 Å². The molecule has 0 bridgehead atoms. The minimum atomic E-state index is 0.350. The average molecular weight is 221 g/mol. The summed E-state index contributed by atoms with van der Waals surface area (Å²) in [6, 6.07) is 2.10. The number of anilines is 1. The van der Waals surface area contributed by atoms with Crippen molar-refractivity contribution in [1.82, 2.24) is 9.97 Å². The second-order valence-electron chi connectivity index (χ2n) is 2.99. The molecule has 3 heterocycles. The van der Waals surface area contributed by atoms with Gasteiger partial charge in [-0.15, -0.1) is 23.1 Å². The molecule has 14 heavy (non-hydrogen) atoms. The van der Waals surface area contributed by atoms with Gasteiger partial charge in [0, 0.05) is 22.4 Å². The molecule has 1 aliphatic rings. The Labute approximate surface area is 89.4 Å². The van der Waals surface area contributed by atoms with Crippen molar-refractivity contribution in [2.24, 2.45) is 0 Å². The summed E-state index contributed by atoms with van der Waals surface area (Å²) in [5, 5.41) is 2.10. The van der Waals surface area contributed by atoms with Crippen molar-refractivity contribution in [2.45, 2.75) is 10.6 Å². The summed E-state index contributed by atoms with van der Waals surface area (Å²) in [6.45, 7) is 0. The molecule has 0 aromatic carbocycles. The molecule has 0 atom stereocenters. The number of rotatable bonds is 0. The Morgan fingerprint density at radius 1 is 1.43 bits per heavy atom. The molecule has 0 radical (unpaired) electrons. The van der Waals surface area contributed by atoms with Gasteiger partial charge >= 0.3 is 0 Å². The minimum Gasteiger partial charge on any atom is -0.368 e. The van der Waals surface area contributed by atoms with Gasteiger partial charge < -0.3 is 5.73 Å². The maximum atomic E-state index is 5.58. The van der Waals surface area contributed by atoms with Gasteiger partial charge in [-0.25, -0.2) is 9.97 Å². The second-order valence-corrected chi connectivity index (χ2v) is 5.01. The summed E-state index contributed by atoms with van der Waals surface area (Å²) in [6.07, 6.45) is 1.81. The van der Waals surface area contributed by atoms with Gasteiger partial charge in [-0.3, -0.25) is 0 Å². The van der Waals surface area contributed by atoms with E-state index >= 15 is 0 Å². The van der Waals surface area contributed by atoms with Crippen LogP contribution >= 0.6 is 23.1 Å². The van der Waals surface area contributed by atoms with Crippen LogP contribution in [0.25, 0.3) is 11.3 Å². The van der Waals surface area contributed by atoms with E-state index in [0.29, 0.717) is 5.95 Å². The summed E-state index contributed by atoms with van der Waals surface area (Å²) in [5.74, 6) is 1.37. The third kappa shape index (κ3) is 1.13. The van der Waals surface area contributed by atoms with Crippen LogP contribution in [0.3, 0.4) is 0 Å². The zero-order valence-electron chi connectivity index (χ0n) is 7.23. The number of thioether (sulfide) groups is 1. The Balaban J connectivity index is 2.28. The summed E-state index contributed by atoms with van der Waals surface area (Å²) in [7, 11) is 0. The lowest BCUT2D eigenvalue weighted by molar-refractivity contribution is 1.11. The molecule has 0 saturated carbocycles. The number of fused-ring (bicyclic) bond motifs is 3. The fraction of sp³-hybridized carbons (Fsp3) is 0.111. The molecular formula is C9H7N3S2. The Morgan fingerprint density at radius 3 is 3.29 bits per heavy atom. The third-order valence-corrected chi connectivity index (χ3v) is 4.28. The number of aromatic nitrogens is 2. The third-order valence-electron chi connectivity index (χ3n) is 2.13. The minimum absolute atomic E-state index is 0.350. The van der Waals surface area contributed by atoms with Crippen molar-refractivity contribution in [3.63, 3.8) is 0 Å². The molecule has 2 aromatic heterocycles. The summed E-state index contributed by atoms with van der Waals surface area (Å²) in [5.41, 5.74) is 7.79. The van der Waals surface area contributed by atoms with Crippen LogP contribution in [0.2, 0.25) is 0 Å². The number of nitrogen functional groups attached to an aromatic ring is 1. The first-order valence-corrected chi connectivity index (χ1v) is 6.03. The lowest BCUT2D eigenvalue weighted by Gasteiger charge is -2.13. The van der Waals surface area contributed by atoms with Gasteiger partial charge in [0.2, 0.25) is 5.95 Å². The smallest absolute Gasteiger partial charge is 0.220 e. The van der Waals surface area contributed by atoms with E-state index in [-0.39, 0.29) is 0 Å². The monoisotopic (exact) mass is 221 g/mol. The molecule has 1 aliphatic heterocycles. The summed E-state index contributed by atoms with van der Waals surface area (Å²) in [4.78, 5) is 10.8. The number of hydrogen-bond acceptors (Lipinski definition) is 5. The molecule has 2 aromatic rings. The molecule has 0 saturated heterocycles. The number of nitrogens with zero attached hydrogens (tertiary/aromatic N) is 2. The normalized spacial score (nSPS) is 13.4. The lowest BCUT2D eigenvalue weighted by atomic mass is 10.2. The van der Waals surface area contributed by atoms with E-state index in [9.17, 15) is 0 Å². The van der Waals surface area contributed by atoms with Crippen LogP contribution in [-0.2, 0) is 5.75 Å². The van der Waals surface area contributed by atoms with Crippen molar-refractivity contribution in [1.29, 1.82) is 0 Å². The fourth-order valence-electron chi connectivity index (χ4n) is 1.49. The molecular weight excluding hydrogens is 214 g/mol. The van der Waals surface area contributed by atoms with Gasteiger partial charge in [-0.2, -0.15) is 0 Å². The molecule has 3 rings (SSSR count). The highest BCUT2D eigenvalue weighted by Gasteiger charge is 2.19. The maximum absolute atomic E-state index is 5.58. The molecule has 5 heteroatoms. The summed E-state index contributed by atoms with van der Waals surface area (Å²) < 4.78 is 0. The van der Waals surface area contributed by atoms with Gasteiger partial charge in [-0.05, 0) is 11.4 Å². The molecule has 0 fully saturated rings. The highest BCUT2D eigenvalue weighted by atomic mass is 32.2. The highest BCUT2D eigenvalue weighted by molar-refractivity contribution is 7.98. The molecule has 0 spiro atoms. The molecule has 0 aliphatic carbocycles. The maximum Gasteiger partial charge on any atom is 0.220 e. The Bertz CT molecular complexity index is 493. The van der Waals surface area contributed by atoms with Gasteiger partial charge in [-0.1, -0.05) is 0 Å². The van der Waals surface area contributed by atoms with Crippen molar-refractivity contribution in [3.8, 4) is 11.3 Å². The van der Waals surface area contributed by atoms with Gasteiger partial charge in [0.05, 0.1) is 10.6 Å². The van der Waals surface area contributed by atoms with E-state index < -0.39 is 0 Å². The van der Waals surface area contributed by atoms with Crippen LogP contribution < -0.4 is 5.73 Å². The molecule has 0 amide bonds. The zero-order chi connectivity index (χ0) is 9.54. The van der Waals surface area contributed by atoms with Crippen molar-refractivity contribution >= 4 is 29.0 Å². The van der Waals surface area contributed by atoms with E-state index in [0.717, 1.165) is 16.3 Å². The lowest BCUT2D eigenvalue weighted by Crippen LogP contribution is -2.00. The van der Waals surface area contributed by atoms with Crippen molar-refractivity contribution < 1.29 is 0 Å². The Hall–Kier alpha value is -1.07. The van der Waals surface area contributed by atoms with E-state index in [2.05, 4.69) is 21.4 Å². The van der Waals surface area contributed by atoms with Crippen LogP contribution in [0.15, 0.2) is 22.5 Å². The average Bonchev–Trinajstić information content (AvgIpc) is 2.65. The van der Waals surface area contributed by atoms with Crippen molar-refractivity contribution in [2.75, 3.05) is 5.73 Å². The topological polar surface area (TPSA) is 51.8 Å². The van der Waals surface area contributed by atoms with Crippen LogP contribution in [0.1, 0.15) is 4.88 Å². The predicted molar refractivity (Wildman–Crippen MR) is 59.3 cm³/mol. The van der Waals surface area contributed by atoms with E-state index in [1.807, 2.05) is 6.20 Å². The molecule has 3 nitrogen and oxygen atoms in total. The fourth-order valence-corrected chi connectivity index (χ4v) is 3.46. The van der Waals surface area contributed by atoms with Crippen molar-refractivity contribution in [3.05, 3.63) is 22.5 Å². The number of hydrogen-bond donors (Lipinski definition) is 1. The van der Waals surface area contributed by atoms with Crippen LogP contribution in [0.5, 0.6) is 0 Å².